The molecule has 0 radical (unpaired) electrons. The van der Waals surface area contributed by atoms with E-state index in [1.165, 1.54) is 5.70 Å². The van der Waals surface area contributed by atoms with Gasteiger partial charge in [0.05, 0.1) is 6.54 Å². The predicted octanol–water partition coefficient (Wildman–Crippen LogP) is 2.08. The summed E-state index contributed by atoms with van der Waals surface area (Å²) in [6.45, 7) is 7.47. The number of amides is 1. The van der Waals surface area contributed by atoms with E-state index < -0.39 is 5.60 Å². The van der Waals surface area contributed by atoms with Crippen LogP contribution in [0.4, 0.5) is 4.79 Å². The summed E-state index contributed by atoms with van der Waals surface area (Å²) in [5, 5.41) is 0. The fraction of sp³-hybridized carbons (Fsp3) is 0.643. The van der Waals surface area contributed by atoms with Crippen molar-refractivity contribution in [3.63, 3.8) is 0 Å². The maximum Gasteiger partial charge on any atom is 0.410 e. The monoisotopic (exact) mass is 250 g/mol. The third-order valence-electron chi connectivity index (χ3n) is 2.66. The number of nitrogens with zero attached hydrogens (tertiary/aromatic N) is 2. The lowest BCUT2D eigenvalue weighted by atomic mass is 10.2. The van der Waals surface area contributed by atoms with Crippen molar-refractivity contribution in [1.29, 1.82) is 0 Å². The third kappa shape index (κ3) is 4.33. The molecule has 0 spiro atoms. The molecule has 1 aliphatic rings. The second kappa shape index (κ2) is 5.81. The number of hydrogen-bond donors (Lipinski definition) is 0. The fourth-order valence-corrected chi connectivity index (χ4v) is 1.74. The molecule has 0 fully saturated rings. The van der Waals surface area contributed by atoms with Crippen molar-refractivity contribution in [2.45, 2.75) is 32.8 Å². The molecule has 4 heteroatoms. The Balaban J connectivity index is 2.53. The molecule has 0 atom stereocenters. The predicted molar refractivity (Wildman–Crippen MR) is 72.0 cm³/mol. The maximum absolute atomic E-state index is 11.8. The van der Waals surface area contributed by atoms with E-state index in [2.05, 4.69) is 5.92 Å². The van der Waals surface area contributed by atoms with Gasteiger partial charge in [0, 0.05) is 32.3 Å². The lowest BCUT2D eigenvalue weighted by Crippen LogP contribution is -2.40. The van der Waals surface area contributed by atoms with Gasteiger partial charge in [-0.05, 0) is 26.8 Å². The Morgan fingerprint density at radius 2 is 2.28 bits per heavy atom. The molecular weight excluding hydrogens is 228 g/mol. The van der Waals surface area contributed by atoms with Crippen LogP contribution in [0.1, 0.15) is 27.2 Å². The average molecular weight is 250 g/mol. The molecule has 0 aromatic rings. The summed E-state index contributed by atoms with van der Waals surface area (Å²) in [6.07, 6.45) is 7.87. The van der Waals surface area contributed by atoms with Crippen molar-refractivity contribution < 1.29 is 9.53 Å². The van der Waals surface area contributed by atoms with Crippen LogP contribution in [0.15, 0.2) is 11.8 Å². The molecular formula is C14H22N2O2. The quantitative estimate of drug-likeness (QED) is 0.703. The number of rotatable bonds is 2. The molecule has 100 valence electrons. The van der Waals surface area contributed by atoms with E-state index in [1.807, 2.05) is 38.8 Å². The molecule has 1 rings (SSSR count). The van der Waals surface area contributed by atoms with Crippen LogP contribution >= 0.6 is 0 Å². The Bertz CT molecular complexity index is 374. The van der Waals surface area contributed by atoms with Crippen molar-refractivity contribution in [3.05, 3.63) is 11.8 Å². The second-order valence-corrected chi connectivity index (χ2v) is 5.43. The first-order valence-corrected chi connectivity index (χ1v) is 6.15. The van der Waals surface area contributed by atoms with Gasteiger partial charge >= 0.3 is 6.09 Å². The molecule has 0 aromatic heterocycles. The lowest BCUT2D eigenvalue weighted by molar-refractivity contribution is 0.0261. The fourth-order valence-electron chi connectivity index (χ4n) is 1.74. The van der Waals surface area contributed by atoms with Crippen molar-refractivity contribution in [1.82, 2.24) is 9.80 Å². The Labute approximate surface area is 110 Å². The van der Waals surface area contributed by atoms with Crippen LogP contribution in [-0.2, 0) is 4.74 Å². The van der Waals surface area contributed by atoms with Crippen molar-refractivity contribution in [2.75, 3.05) is 26.7 Å². The zero-order valence-electron chi connectivity index (χ0n) is 11.7. The normalized spacial score (nSPS) is 15.7. The van der Waals surface area contributed by atoms with Gasteiger partial charge in [-0.1, -0.05) is 5.92 Å². The molecule has 4 nitrogen and oxygen atoms in total. The highest BCUT2D eigenvalue weighted by molar-refractivity contribution is 5.68. The molecule has 0 saturated heterocycles. The van der Waals surface area contributed by atoms with Gasteiger partial charge in [0.1, 0.15) is 5.60 Å². The Morgan fingerprint density at radius 1 is 1.61 bits per heavy atom. The smallest absolute Gasteiger partial charge is 0.410 e. The summed E-state index contributed by atoms with van der Waals surface area (Å²) < 4.78 is 5.33. The highest BCUT2D eigenvalue weighted by Gasteiger charge is 2.24. The highest BCUT2D eigenvalue weighted by atomic mass is 16.6. The number of ether oxygens (including phenoxy) is 1. The summed E-state index contributed by atoms with van der Waals surface area (Å²) in [5.74, 6) is 2.61. The van der Waals surface area contributed by atoms with Gasteiger partial charge in [0.25, 0.3) is 0 Å². The number of carbonyl (C=O) groups excluding carboxylic acids is 1. The average Bonchev–Trinajstić information content (AvgIpc) is 2.27. The lowest BCUT2D eigenvalue weighted by Gasteiger charge is -2.31. The maximum atomic E-state index is 11.8. The standard InChI is InChI=1S/C14H22N2O2/c1-6-9-15(5)12-7-10-16(11-8-12)13(17)18-14(2,3)4/h1,7H,8-11H2,2-5H3. The van der Waals surface area contributed by atoms with Crippen molar-refractivity contribution in [2.24, 2.45) is 0 Å². The molecule has 1 amide bonds. The van der Waals surface area contributed by atoms with Gasteiger partial charge in [-0.25, -0.2) is 4.79 Å². The molecule has 1 heterocycles. The molecule has 0 N–H and O–H groups in total. The molecule has 0 aliphatic carbocycles. The van der Waals surface area contributed by atoms with Crippen molar-refractivity contribution >= 4 is 6.09 Å². The van der Waals surface area contributed by atoms with Crippen LogP contribution in [0.2, 0.25) is 0 Å². The van der Waals surface area contributed by atoms with E-state index in [9.17, 15) is 4.79 Å². The minimum atomic E-state index is -0.443. The number of hydrogen-bond acceptors (Lipinski definition) is 3. The SMILES string of the molecule is C#CCN(C)C1=CCN(C(=O)OC(C)(C)C)CC1. The van der Waals surface area contributed by atoms with E-state index in [0.29, 0.717) is 19.6 Å². The first-order valence-electron chi connectivity index (χ1n) is 6.15. The molecule has 0 unspecified atom stereocenters. The molecule has 1 aliphatic heterocycles. The number of carbonyl (C=O) groups is 1. The van der Waals surface area contributed by atoms with E-state index in [4.69, 9.17) is 11.2 Å². The minimum absolute atomic E-state index is 0.252. The van der Waals surface area contributed by atoms with E-state index in [1.54, 1.807) is 4.90 Å². The summed E-state index contributed by atoms with van der Waals surface area (Å²) >= 11 is 0. The number of terminal acetylenes is 1. The van der Waals surface area contributed by atoms with Crippen LogP contribution < -0.4 is 0 Å². The zero-order chi connectivity index (χ0) is 13.8. The van der Waals surface area contributed by atoms with E-state index in [0.717, 1.165) is 6.42 Å². The van der Waals surface area contributed by atoms with E-state index in [-0.39, 0.29) is 6.09 Å². The van der Waals surface area contributed by atoms with Crippen LogP contribution in [-0.4, -0.2) is 48.2 Å². The van der Waals surface area contributed by atoms with Crippen molar-refractivity contribution in [3.8, 4) is 12.3 Å². The summed E-state index contributed by atoms with van der Waals surface area (Å²) in [6, 6.07) is 0. The highest BCUT2D eigenvalue weighted by Crippen LogP contribution is 2.16. The Hall–Kier alpha value is -1.63. The van der Waals surface area contributed by atoms with Crippen LogP contribution in [0, 0.1) is 12.3 Å². The van der Waals surface area contributed by atoms with Gasteiger partial charge < -0.3 is 14.5 Å². The minimum Gasteiger partial charge on any atom is -0.444 e. The van der Waals surface area contributed by atoms with Gasteiger partial charge in [-0.15, -0.1) is 6.42 Å². The Kier molecular flexibility index (Phi) is 4.66. The third-order valence-corrected chi connectivity index (χ3v) is 2.66. The summed E-state index contributed by atoms with van der Waals surface area (Å²) in [4.78, 5) is 15.6. The first kappa shape index (κ1) is 14.4. The van der Waals surface area contributed by atoms with Crippen LogP contribution in [0.5, 0.6) is 0 Å². The largest absolute Gasteiger partial charge is 0.444 e. The first-order chi connectivity index (χ1) is 8.33. The molecule has 0 aromatic carbocycles. The van der Waals surface area contributed by atoms with Crippen LogP contribution in [0.3, 0.4) is 0 Å². The second-order valence-electron chi connectivity index (χ2n) is 5.43. The van der Waals surface area contributed by atoms with Gasteiger partial charge in [-0.3, -0.25) is 0 Å². The zero-order valence-corrected chi connectivity index (χ0v) is 11.7. The van der Waals surface area contributed by atoms with Gasteiger partial charge in [0.2, 0.25) is 0 Å². The molecule has 18 heavy (non-hydrogen) atoms. The Morgan fingerprint density at radius 3 is 2.72 bits per heavy atom. The molecule has 0 saturated carbocycles. The summed E-state index contributed by atoms with van der Waals surface area (Å²) in [7, 11) is 1.97. The van der Waals surface area contributed by atoms with Crippen LogP contribution in [0.25, 0.3) is 0 Å². The topological polar surface area (TPSA) is 32.8 Å². The van der Waals surface area contributed by atoms with Gasteiger partial charge in [0.15, 0.2) is 0 Å². The summed E-state index contributed by atoms with van der Waals surface area (Å²) in [5.41, 5.74) is 0.745. The van der Waals surface area contributed by atoms with Gasteiger partial charge in [-0.2, -0.15) is 0 Å². The van der Waals surface area contributed by atoms with E-state index >= 15 is 0 Å². The molecule has 0 bridgehead atoms.